The third-order valence-electron chi connectivity index (χ3n) is 3.12. The van der Waals surface area contributed by atoms with E-state index < -0.39 is 0 Å². The van der Waals surface area contributed by atoms with Gasteiger partial charge in [-0.05, 0) is 39.8 Å². The summed E-state index contributed by atoms with van der Waals surface area (Å²) < 4.78 is 0. The Morgan fingerprint density at radius 1 is 1.27 bits per heavy atom. The average molecular weight is 214 g/mol. The lowest BCUT2D eigenvalue weighted by Gasteiger charge is -2.26. The van der Waals surface area contributed by atoms with Crippen molar-refractivity contribution in [3.8, 4) is 0 Å². The molecule has 0 aromatic heterocycles. The highest BCUT2D eigenvalue weighted by Gasteiger charge is 2.38. The van der Waals surface area contributed by atoms with Crippen LogP contribution in [0.1, 0.15) is 53.9 Å². The van der Waals surface area contributed by atoms with Crippen LogP contribution in [0.2, 0.25) is 0 Å². The minimum Gasteiger partial charge on any atom is -0.308 e. The van der Waals surface area contributed by atoms with Crippen LogP contribution in [0.25, 0.3) is 0 Å². The quantitative estimate of drug-likeness (QED) is 0.731. The van der Waals surface area contributed by atoms with Gasteiger partial charge in [-0.25, -0.2) is 0 Å². The molecule has 0 aliphatic heterocycles. The van der Waals surface area contributed by atoms with E-state index in [1.54, 1.807) is 0 Å². The van der Waals surface area contributed by atoms with Gasteiger partial charge in [0.05, 0.1) is 0 Å². The number of likely N-dealkylation sites (N-methyl/N-ethyl adjacent to an activating group) is 1. The van der Waals surface area contributed by atoms with Gasteiger partial charge >= 0.3 is 0 Å². The van der Waals surface area contributed by atoms with Gasteiger partial charge in [-0.3, -0.25) is 0 Å². The minimum atomic E-state index is 0.481. The van der Waals surface area contributed by atoms with Crippen molar-refractivity contribution in [3.05, 3.63) is 0 Å². The number of hydrogen-bond acceptors (Lipinski definition) is 2. The van der Waals surface area contributed by atoms with E-state index in [-0.39, 0.29) is 0 Å². The first-order valence-corrected chi connectivity index (χ1v) is 6.56. The van der Waals surface area contributed by atoms with Gasteiger partial charge in [-0.15, -0.1) is 0 Å². The van der Waals surface area contributed by atoms with Crippen molar-refractivity contribution in [2.75, 3.05) is 20.1 Å². The molecule has 0 spiro atoms. The highest BCUT2D eigenvalue weighted by Crippen LogP contribution is 2.34. The third kappa shape index (κ3) is 6.16. The van der Waals surface area contributed by atoms with Crippen LogP contribution in [0.15, 0.2) is 0 Å². The molecule has 0 amide bonds. The fourth-order valence-corrected chi connectivity index (χ4v) is 1.61. The Labute approximate surface area is 96.4 Å². The second-order valence-electron chi connectivity index (χ2n) is 4.67. The molecule has 1 aliphatic carbocycles. The Balaban J connectivity index is 0.000000921. The summed E-state index contributed by atoms with van der Waals surface area (Å²) in [6, 6.07) is 0.678. The van der Waals surface area contributed by atoms with Crippen LogP contribution in [0.4, 0.5) is 0 Å². The summed E-state index contributed by atoms with van der Waals surface area (Å²) in [5.41, 5.74) is 0.481. The van der Waals surface area contributed by atoms with E-state index >= 15 is 0 Å². The molecule has 2 heteroatoms. The first-order chi connectivity index (χ1) is 7.09. The van der Waals surface area contributed by atoms with Crippen molar-refractivity contribution < 1.29 is 0 Å². The standard InChI is InChI=1S/C11H24N2.C2H6/c1-5-10(9-13(4)6-2)12-11(3)7-8-11;1-2/h10,12H,5-9H2,1-4H3;1-2H3/t10-;/m0./s1. The monoisotopic (exact) mass is 214 g/mol. The average Bonchev–Trinajstić information content (AvgIpc) is 2.98. The molecule has 92 valence electrons. The predicted molar refractivity (Wildman–Crippen MR) is 69.4 cm³/mol. The normalized spacial score (nSPS) is 19.4. The fourth-order valence-electron chi connectivity index (χ4n) is 1.61. The molecule has 2 nitrogen and oxygen atoms in total. The zero-order valence-corrected chi connectivity index (χ0v) is 11.6. The molecule has 0 radical (unpaired) electrons. The van der Waals surface area contributed by atoms with E-state index in [0.717, 1.165) is 6.54 Å². The summed E-state index contributed by atoms with van der Waals surface area (Å²) in [4.78, 5) is 2.38. The van der Waals surface area contributed by atoms with Gasteiger partial charge in [0.25, 0.3) is 0 Å². The molecular formula is C13H30N2. The number of hydrogen-bond donors (Lipinski definition) is 1. The van der Waals surface area contributed by atoms with Crippen LogP contribution < -0.4 is 5.32 Å². The van der Waals surface area contributed by atoms with E-state index in [2.05, 4.69) is 38.0 Å². The molecule has 1 aliphatic rings. The lowest BCUT2D eigenvalue weighted by atomic mass is 10.1. The Bertz CT molecular complexity index is 153. The highest BCUT2D eigenvalue weighted by molar-refractivity contribution is 4.99. The number of rotatable bonds is 6. The first-order valence-electron chi connectivity index (χ1n) is 6.56. The second-order valence-corrected chi connectivity index (χ2v) is 4.67. The predicted octanol–water partition coefficient (Wildman–Crippen LogP) is 2.89. The molecule has 0 aromatic carbocycles. The van der Waals surface area contributed by atoms with Crippen LogP contribution >= 0.6 is 0 Å². The van der Waals surface area contributed by atoms with Gasteiger partial charge in [-0.1, -0.05) is 27.7 Å². The van der Waals surface area contributed by atoms with Crippen molar-refractivity contribution in [1.29, 1.82) is 0 Å². The van der Waals surface area contributed by atoms with E-state index in [1.807, 2.05) is 13.8 Å². The summed E-state index contributed by atoms with van der Waals surface area (Å²) in [7, 11) is 2.19. The smallest absolute Gasteiger partial charge is 0.0197 e. The van der Waals surface area contributed by atoms with Crippen LogP contribution in [-0.2, 0) is 0 Å². The fraction of sp³-hybridized carbons (Fsp3) is 1.00. The maximum atomic E-state index is 3.74. The van der Waals surface area contributed by atoms with E-state index in [4.69, 9.17) is 0 Å². The molecule has 15 heavy (non-hydrogen) atoms. The van der Waals surface area contributed by atoms with E-state index in [1.165, 1.54) is 25.8 Å². The molecule has 1 saturated carbocycles. The molecule has 0 aromatic rings. The maximum Gasteiger partial charge on any atom is 0.0197 e. The van der Waals surface area contributed by atoms with Crippen molar-refractivity contribution in [1.82, 2.24) is 10.2 Å². The molecular weight excluding hydrogens is 184 g/mol. The van der Waals surface area contributed by atoms with E-state index in [0.29, 0.717) is 11.6 Å². The van der Waals surface area contributed by atoms with Crippen molar-refractivity contribution in [2.45, 2.75) is 65.5 Å². The van der Waals surface area contributed by atoms with Gasteiger partial charge in [0.15, 0.2) is 0 Å². The van der Waals surface area contributed by atoms with Crippen molar-refractivity contribution >= 4 is 0 Å². The van der Waals surface area contributed by atoms with Gasteiger partial charge in [0.1, 0.15) is 0 Å². The third-order valence-corrected chi connectivity index (χ3v) is 3.12. The molecule has 1 rings (SSSR count). The SMILES string of the molecule is CC.CC[C@@H](CN(C)CC)NC1(C)CC1. The zero-order chi connectivity index (χ0) is 11.9. The molecule has 0 heterocycles. The Morgan fingerprint density at radius 3 is 2.13 bits per heavy atom. The molecule has 1 fully saturated rings. The summed E-state index contributed by atoms with van der Waals surface area (Å²) in [6.07, 6.45) is 3.96. The number of nitrogens with one attached hydrogen (secondary N) is 1. The van der Waals surface area contributed by atoms with Gasteiger partial charge < -0.3 is 10.2 Å². The minimum absolute atomic E-state index is 0.481. The first kappa shape index (κ1) is 14.9. The topological polar surface area (TPSA) is 15.3 Å². The van der Waals surface area contributed by atoms with Gasteiger partial charge in [-0.2, -0.15) is 0 Å². The lowest BCUT2D eigenvalue weighted by Crippen LogP contribution is -2.44. The molecule has 1 atom stereocenters. The lowest BCUT2D eigenvalue weighted by molar-refractivity contribution is 0.280. The molecule has 1 N–H and O–H groups in total. The van der Waals surface area contributed by atoms with Gasteiger partial charge in [0.2, 0.25) is 0 Å². The molecule has 0 bridgehead atoms. The Hall–Kier alpha value is -0.0800. The van der Waals surface area contributed by atoms with Gasteiger partial charge in [0, 0.05) is 18.1 Å². The summed E-state index contributed by atoms with van der Waals surface area (Å²) in [6.45, 7) is 13.2. The molecule has 0 unspecified atom stereocenters. The number of nitrogens with zero attached hydrogens (tertiary/aromatic N) is 1. The maximum absolute atomic E-state index is 3.74. The largest absolute Gasteiger partial charge is 0.308 e. The summed E-state index contributed by atoms with van der Waals surface area (Å²) in [5, 5.41) is 3.74. The zero-order valence-electron chi connectivity index (χ0n) is 11.6. The van der Waals surface area contributed by atoms with Crippen LogP contribution in [0, 0.1) is 0 Å². The van der Waals surface area contributed by atoms with Crippen molar-refractivity contribution in [3.63, 3.8) is 0 Å². The van der Waals surface area contributed by atoms with Crippen LogP contribution in [-0.4, -0.2) is 36.6 Å². The Morgan fingerprint density at radius 2 is 1.80 bits per heavy atom. The van der Waals surface area contributed by atoms with Crippen molar-refractivity contribution in [2.24, 2.45) is 0 Å². The molecule has 0 saturated heterocycles. The second kappa shape index (κ2) is 7.24. The summed E-state index contributed by atoms with van der Waals surface area (Å²) >= 11 is 0. The highest BCUT2D eigenvalue weighted by atomic mass is 15.1. The van der Waals surface area contributed by atoms with E-state index in [9.17, 15) is 0 Å². The van der Waals surface area contributed by atoms with Crippen LogP contribution in [0.5, 0.6) is 0 Å². The Kier molecular flexibility index (Phi) is 7.20. The van der Waals surface area contributed by atoms with Crippen LogP contribution in [0.3, 0.4) is 0 Å². The summed E-state index contributed by atoms with van der Waals surface area (Å²) in [5.74, 6) is 0.